The van der Waals surface area contributed by atoms with Crippen LogP contribution in [0, 0.1) is 0 Å². The normalized spacial score (nSPS) is 12.5. The second kappa shape index (κ2) is 68.3. The quantitative estimate of drug-likeness (QED) is 0.0261. The highest BCUT2D eigenvalue weighted by Gasteiger charge is 2.19. The molecule has 1 unspecified atom stereocenters. The Balaban J connectivity index is 4.31. The standard InChI is InChI=1S/C74H132O6/c1-4-7-10-13-16-19-22-25-28-30-32-34-36-37-38-40-41-43-46-49-52-55-58-61-64-67-73(76)79-70-71(69-78-72(75)66-63-60-57-54-51-48-45-27-24-21-18-15-12-9-6-3)80-74(77)68-65-62-59-56-53-50-47-44-42-39-35-33-31-29-26-23-20-17-14-11-8-5-2/h9,12,18,21-22,25,27,30,32,45,51,54,71H,4-8,10-11,13-17,19-20,23-24,26,28-29,31,33-44,46-50,52-53,55-70H2,1-3H3/b12-9-,21-18-,25-22-,32-30-,45-27-,54-51-. The number of rotatable bonds is 64. The number of carbonyl (C=O) groups is 3. The molecule has 0 aliphatic heterocycles. The summed E-state index contributed by atoms with van der Waals surface area (Å²) in [6, 6.07) is 0. The average Bonchev–Trinajstić information content (AvgIpc) is 3.46. The molecule has 0 aliphatic carbocycles. The SMILES string of the molecule is CC/C=C\C/C=C\C/C=C\C/C=C\CCCCC(=O)OCC(COC(=O)CCCCCCCCCCCCCCC/C=C\C/C=C\CCCCCCC)OC(=O)CCCCCCCCCCCCCCCCCCCCCCCC. The number of ether oxygens (including phenoxy) is 3. The maximum Gasteiger partial charge on any atom is 0.306 e. The lowest BCUT2D eigenvalue weighted by molar-refractivity contribution is -0.167. The lowest BCUT2D eigenvalue weighted by atomic mass is 10.0. The summed E-state index contributed by atoms with van der Waals surface area (Å²) >= 11 is 0. The van der Waals surface area contributed by atoms with E-state index in [1.165, 1.54) is 231 Å². The first-order valence-corrected chi connectivity index (χ1v) is 34.9. The van der Waals surface area contributed by atoms with Crippen LogP contribution in [0.2, 0.25) is 0 Å². The molecule has 0 heterocycles. The van der Waals surface area contributed by atoms with E-state index in [1.807, 2.05) is 0 Å². The van der Waals surface area contributed by atoms with Crippen LogP contribution in [-0.2, 0) is 28.6 Å². The third kappa shape index (κ3) is 65.7. The molecular weight excluding hydrogens is 985 g/mol. The van der Waals surface area contributed by atoms with E-state index in [0.717, 1.165) is 89.9 Å². The zero-order chi connectivity index (χ0) is 57.8. The summed E-state index contributed by atoms with van der Waals surface area (Å²) in [5.74, 6) is -0.908. The van der Waals surface area contributed by atoms with Crippen molar-refractivity contribution in [3.63, 3.8) is 0 Å². The van der Waals surface area contributed by atoms with E-state index in [4.69, 9.17) is 14.2 Å². The van der Waals surface area contributed by atoms with Crippen LogP contribution in [0.1, 0.15) is 361 Å². The van der Waals surface area contributed by atoms with Crippen molar-refractivity contribution in [2.75, 3.05) is 13.2 Å². The number of carbonyl (C=O) groups excluding carboxylic acids is 3. The Morgan fingerprint density at radius 3 is 0.787 bits per heavy atom. The summed E-state index contributed by atoms with van der Waals surface area (Å²) in [5, 5.41) is 0. The molecule has 80 heavy (non-hydrogen) atoms. The Bertz CT molecular complexity index is 1470. The zero-order valence-corrected chi connectivity index (χ0v) is 53.3. The second-order valence-electron chi connectivity index (χ2n) is 23.4. The van der Waals surface area contributed by atoms with E-state index >= 15 is 0 Å². The first-order chi connectivity index (χ1) is 39.5. The summed E-state index contributed by atoms with van der Waals surface area (Å²) < 4.78 is 17.0. The number of hydrogen-bond acceptors (Lipinski definition) is 6. The molecule has 0 aromatic heterocycles. The number of hydrogen-bond donors (Lipinski definition) is 0. The van der Waals surface area contributed by atoms with Crippen LogP contribution in [0.5, 0.6) is 0 Å². The third-order valence-corrected chi connectivity index (χ3v) is 15.4. The molecule has 0 aliphatic rings. The van der Waals surface area contributed by atoms with Crippen LogP contribution in [0.3, 0.4) is 0 Å². The molecule has 0 radical (unpaired) electrons. The summed E-state index contributed by atoms with van der Waals surface area (Å²) in [6.07, 6.45) is 89.3. The molecule has 0 fully saturated rings. The highest BCUT2D eigenvalue weighted by Crippen LogP contribution is 2.18. The van der Waals surface area contributed by atoms with Gasteiger partial charge in [0.2, 0.25) is 0 Å². The molecule has 0 aromatic rings. The van der Waals surface area contributed by atoms with Crippen molar-refractivity contribution < 1.29 is 28.6 Å². The van der Waals surface area contributed by atoms with Gasteiger partial charge >= 0.3 is 17.9 Å². The first-order valence-electron chi connectivity index (χ1n) is 34.9. The molecule has 0 amide bonds. The average molecular weight is 1120 g/mol. The van der Waals surface area contributed by atoms with Crippen LogP contribution >= 0.6 is 0 Å². The van der Waals surface area contributed by atoms with E-state index in [0.29, 0.717) is 19.3 Å². The van der Waals surface area contributed by atoms with Crippen molar-refractivity contribution in [3.05, 3.63) is 72.9 Å². The van der Waals surface area contributed by atoms with Crippen molar-refractivity contribution in [3.8, 4) is 0 Å². The minimum absolute atomic E-state index is 0.0855. The van der Waals surface area contributed by atoms with E-state index in [1.54, 1.807) is 0 Å². The van der Waals surface area contributed by atoms with Gasteiger partial charge in [-0.3, -0.25) is 14.4 Å². The highest BCUT2D eigenvalue weighted by atomic mass is 16.6. The monoisotopic (exact) mass is 1120 g/mol. The van der Waals surface area contributed by atoms with Gasteiger partial charge in [0.05, 0.1) is 0 Å². The maximum absolute atomic E-state index is 13.0. The molecule has 1 atom stereocenters. The Hall–Kier alpha value is -3.15. The largest absolute Gasteiger partial charge is 0.462 e. The first kappa shape index (κ1) is 76.9. The molecule has 0 N–H and O–H groups in total. The maximum atomic E-state index is 13.0. The molecular formula is C74H132O6. The van der Waals surface area contributed by atoms with Crippen molar-refractivity contribution in [2.45, 2.75) is 367 Å². The van der Waals surface area contributed by atoms with Gasteiger partial charge in [-0.2, -0.15) is 0 Å². The lowest BCUT2D eigenvalue weighted by Gasteiger charge is -2.18. The number of allylic oxidation sites excluding steroid dienone is 12. The molecule has 464 valence electrons. The van der Waals surface area contributed by atoms with Crippen LogP contribution < -0.4 is 0 Å². The van der Waals surface area contributed by atoms with Crippen molar-refractivity contribution in [1.82, 2.24) is 0 Å². The van der Waals surface area contributed by atoms with Crippen LogP contribution in [0.25, 0.3) is 0 Å². The summed E-state index contributed by atoms with van der Waals surface area (Å²) in [7, 11) is 0. The van der Waals surface area contributed by atoms with Crippen molar-refractivity contribution in [2.24, 2.45) is 0 Å². The summed E-state index contributed by atoms with van der Waals surface area (Å²) in [6.45, 7) is 6.54. The molecule has 0 aromatic carbocycles. The molecule has 0 rings (SSSR count). The fourth-order valence-electron chi connectivity index (χ4n) is 10.2. The molecule has 0 bridgehead atoms. The summed E-state index contributed by atoms with van der Waals surface area (Å²) in [4.78, 5) is 38.4. The second-order valence-corrected chi connectivity index (χ2v) is 23.4. The molecule has 0 saturated carbocycles. The van der Waals surface area contributed by atoms with Crippen LogP contribution in [0.15, 0.2) is 72.9 Å². The smallest absolute Gasteiger partial charge is 0.306 e. The van der Waals surface area contributed by atoms with Gasteiger partial charge in [0.1, 0.15) is 13.2 Å². The molecule has 0 saturated heterocycles. The van der Waals surface area contributed by atoms with Gasteiger partial charge in [0.15, 0.2) is 6.10 Å². The predicted molar refractivity (Wildman–Crippen MR) is 348 cm³/mol. The van der Waals surface area contributed by atoms with Crippen molar-refractivity contribution >= 4 is 17.9 Å². The fourth-order valence-corrected chi connectivity index (χ4v) is 10.2. The molecule has 0 spiro atoms. The Morgan fingerprint density at radius 1 is 0.263 bits per heavy atom. The topological polar surface area (TPSA) is 78.9 Å². The highest BCUT2D eigenvalue weighted by molar-refractivity contribution is 5.71. The van der Waals surface area contributed by atoms with E-state index in [-0.39, 0.29) is 31.1 Å². The zero-order valence-electron chi connectivity index (χ0n) is 53.3. The van der Waals surface area contributed by atoms with E-state index in [9.17, 15) is 14.4 Å². The van der Waals surface area contributed by atoms with Gasteiger partial charge in [0.25, 0.3) is 0 Å². The van der Waals surface area contributed by atoms with Crippen molar-refractivity contribution in [1.29, 1.82) is 0 Å². The minimum atomic E-state index is -0.793. The van der Waals surface area contributed by atoms with E-state index in [2.05, 4.69) is 93.7 Å². The lowest BCUT2D eigenvalue weighted by Crippen LogP contribution is -2.30. The van der Waals surface area contributed by atoms with Crippen LogP contribution in [0.4, 0.5) is 0 Å². The Labute approximate surface area is 497 Å². The van der Waals surface area contributed by atoms with E-state index < -0.39 is 6.10 Å². The molecule has 6 nitrogen and oxygen atoms in total. The van der Waals surface area contributed by atoms with Gasteiger partial charge in [-0.1, -0.05) is 325 Å². The van der Waals surface area contributed by atoms with Crippen LogP contribution in [-0.4, -0.2) is 37.2 Å². The van der Waals surface area contributed by atoms with Gasteiger partial charge in [-0.25, -0.2) is 0 Å². The number of unbranched alkanes of at least 4 members (excludes halogenated alkanes) is 41. The molecule has 6 heteroatoms. The number of esters is 3. The Kier molecular flexibility index (Phi) is 65.7. The van der Waals surface area contributed by atoms with Gasteiger partial charge in [0, 0.05) is 19.3 Å². The van der Waals surface area contributed by atoms with Gasteiger partial charge in [-0.05, 0) is 89.9 Å². The predicted octanol–water partition coefficient (Wildman–Crippen LogP) is 24.1. The Morgan fingerprint density at radius 2 is 0.487 bits per heavy atom. The summed E-state index contributed by atoms with van der Waals surface area (Å²) in [5.41, 5.74) is 0. The van der Waals surface area contributed by atoms with Gasteiger partial charge < -0.3 is 14.2 Å². The minimum Gasteiger partial charge on any atom is -0.462 e. The fraction of sp³-hybridized carbons (Fsp3) is 0.797. The third-order valence-electron chi connectivity index (χ3n) is 15.4. The van der Waals surface area contributed by atoms with Gasteiger partial charge in [-0.15, -0.1) is 0 Å².